The van der Waals surface area contributed by atoms with Crippen LogP contribution in [0.1, 0.15) is 11.1 Å². The normalized spacial score (nSPS) is 10.8. The Hall–Kier alpha value is -2.23. The first kappa shape index (κ1) is 13.8. The highest BCUT2D eigenvalue weighted by Crippen LogP contribution is 2.36. The molecule has 0 fully saturated rings. The van der Waals surface area contributed by atoms with E-state index in [-0.39, 0.29) is 11.3 Å². The lowest BCUT2D eigenvalue weighted by molar-refractivity contribution is -0.138. The Bertz CT molecular complexity index is 506. The lowest BCUT2D eigenvalue weighted by Crippen LogP contribution is -2.27. The minimum atomic E-state index is -4.60. The molecule has 0 radical (unpaired) electrons. The number of rotatable bonds is 3. The summed E-state index contributed by atoms with van der Waals surface area (Å²) in [5, 5.41) is 17.2. The molecule has 0 amide bonds. The highest BCUT2D eigenvalue weighted by Gasteiger charge is 2.34. The molecule has 0 heterocycles. The zero-order valence-corrected chi connectivity index (χ0v) is 9.32. The van der Waals surface area contributed by atoms with E-state index < -0.39 is 24.3 Å². The topological polar surface area (TPSA) is 64.3 Å². The second-order valence-corrected chi connectivity index (χ2v) is 3.59. The van der Waals surface area contributed by atoms with Crippen LogP contribution in [0.2, 0.25) is 0 Å². The highest BCUT2D eigenvalue weighted by atomic mass is 19.4. The lowest BCUT2D eigenvalue weighted by atomic mass is 10.1. The van der Waals surface area contributed by atoms with Crippen molar-refractivity contribution in [1.82, 2.24) is 0 Å². The van der Waals surface area contributed by atoms with Gasteiger partial charge in [0.15, 0.2) is 0 Å². The number of carboxylic acid groups (broad SMARTS) is 1. The van der Waals surface area contributed by atoms with Crippen molar-refractivity contribution in [3.63, 3.8) is 0 Å². The molecule has 1 rings (SSSR count). The van der Waals surface area contributed by atoms with Gasteiger partial charge in [-0.15, -0.1) is 0 Å². The molecule has 7 heteroatoms. The van der Waals surface area contributed by atoms with Crippen molar-refractivity contribution >= 4 is 11.7 Å². The summed E-state index contributed by atoms with van der Waals surface area (Å²) in [5.74, 6) is -1.26. The van der Waals surface area contributed by atoms with Crippen molar-refractivity contribution in [3.8, 4) is 6.07 Å². The molecule has 0 bridgehead atoms. The number of halogens is 3. The molecule has 0 unspecified atom stereocenters. The highest BCUT2D eigenvalue weighted by molar-refractivity contribution is 5.74. The Labute approximate surface area is 101 Å². The molecule has 1 aromatic carbocycles. The van der Waals surface area contributed by atoms with Gasteiger partial charge < -0.3 is 10.0 Å². The molecule has 96 valence electrons. The van der Waals surface area contributed by atoms with Gasteiger partial charge in [-0.3, -0.25) is 4.79 Å². The maximum absolute atomic E-state index is 12.7. The molecule has 0 aliphatic carbocycles. The largest absolute Gasteiger partial charge is 0.480 e. The number of nitriles is 1. The first-order valence-electron chi connectivity index (χ1n) is 4.80. The third-order valence-electron chi connectivity index (χ3n) is 2.22. The second kappa shape index (κ2) is 4.96. The number of alkyl halides is 3. The Kier molecular flexibility index (Phi) is 3.81. The van der Waals surface area contributed by atoms with Gasteiger partial charge in [0, 0.05) is 7.05 Å². The van der Waals surface area contributed by atoms with Gasteiger partial charge in [0.2, 0.25) is 0 Å². The van der Waals surface area contributed by atoms with Gasteiger partial charge in [-0.25, -0.2) is 0 Å². The summed E-state index contributed by atoms with van der Waals surface area (Å²) in [5.41, 5.74) is -1.26. The third-order valence-corrected chi connectivity index (χ3v) is 2.22. The predicted molar refractivity (Wildman–Crippen MR) is 57.1 cm³/mol. The summed E-state index contributed by atoms with van der Waals surface area (Å²) < 4.78 is 38.2. The lowest BCUT2D eigenvalue weighted by Gasteiger charge is -2.22. The number of carbonyl (C=O) groups is 1. The van der Waals surface area contributed by atoms with Crippen molar-refractivity contribution in [1.29, 1.82) is 5.26 Å². The first-order chi connectivity index (χ1) is 8.25. The van der Waals surface area contributed by atoms with Crippen LogP contribution in [0.25, 0.3) is 0 Å². The molecule has 0 spiro atoms. The van der Waals surface area contributed by atoms with Gasteiger partial charge in [-0.1, -0.05) is 0 Å². The van der Waals surface area contributed by atoms with Crippen molar-refractivity contribution in [2.24, 2.45) is 0 Å². The van der Waals surface area contributed by atoms with E-state index in [4.69, 9.17) is 10.4 Å². The summed E-state index contributed by atoms with van der Waals surface area (Å²) in [6, 6.07) is 4.55. The molecule has 0 aliphatic rings. The smallest absolute Gasteiger partial charge is 0.418 e. The Morgan fingerprint density at radius 2 is 2.11 bits per heavy atom. The first-order valence-corrected chi connectivity index (χ1v) is 4.80. The predicted octanol–water partition coefficient (Wildman–Crippen LogP) is 2.10. The molecule has 0 aromatic heterocycles. The molecule has 0 saturated carbocycles. The van der Waals surface area contributed by atoms with Crippen LogP contribution in [0.15, 0.2) is 18.2 Å². The summed E-state index contributed by atoms with van der Waals surface area (Å²) in [7, 11) is 1.22. The molecule has 1 N–H and O–H groups in total. The zero-order chi connectivity index (χ0) is 13.9. The van der Waals surface area contributed by atoms with E-state index in [0.717, 1.165) is 23.1 Å². The number of carboxylic acids is 1. The van der Waals surface area contributed by atoms with Crippen LogP contribution < -0.4 is 4.90 Å². The van der Waals surface area contributed by atoms with Crippen LogP contribution in [-0.2, 0) is 11.0 Å². The molecule has 18 heavy (non-hydrogen) atoms. The number of benzene rings is 1. The van der Waals surface area contributed by atoms with E-state index in [1.807, 2.05) is 0 Å². The zero-order valence-electron chi connectivity index (χ0n) is 9.32. The van der Waals surface area contributed by atoms with Crippen molar-refractivity contribution in [3.05, 3.63) is 29.3 Å². The molecular weight excluding hydrogens is 249 g/mol. The number of likely N-dealkylation sites (N-methyl/N-ethyl adjacent to an activating group) is 1. The van der Waals surface area contributed by atoms with Gasteiger partial charge in [-0.2, -0.15) is 18.4 Å². The Morgan fingerprint density at radius 3 is 2.56 bits per heavy atom. The molecule has 4 nitrogen and oxygen atoms in total. The van der Waals surface area contributed by atoms with E-state index in [2.05, 4.69) is 0 Å². The summed E-state index contributed by atoms with van der Waals surface area (Å²) >= 11 is 0. The molecule has 0 atom stereocenters. The van der Waals surface area contributed by atoms with Crippen molar-refractivity contribution in [2.75, 3.05) is 18.5 Å². The van der Waals surface area contributed by atoms with Gasteiger partial charge >= 0.3 is 12.1 Å². The molecule has 0 aliphatic heterocycles. The monoisotopic (exact) mass is 258 g/mol. The number of aliphatic carboxylic acids is 1. The fourth-order valence-electron chi connectivity index (χ4n) is 1.44. The number of hydrogen-bond acceptors (Lipinski definition) is 3. The Morgan fingerprint density at radius 1 is 1.50 bits per heavy atom. The summed E-state index contributed by atoms with van der Waals surface area (Å²) in [6.07, 6.45) is -4.60. The number of hydrogen-bond donors (Lipinski definition) is 1. The SMILES string of the molecule is CN(CC(=O)O)c1cc(C#N)ccc1C(F)(F)F. The van der Waals surface area contributed by atoms with Crippen molar-refractivity contribution < 1.29 is 23.1 Å². The van der Waals surface area contributed by atoms with Gasteiger partial charge in [0.05, 0.1) is 22.9 Å². The minimum Gasteiger partial charge on any atom is -0.480 e. The van der Waals surface area contributed by atoms with Crippen LogP contribution >= 0.6 is 0 Å². The maximum Gasteiger partial charge on any atom is 0.418 e. The van der Waals surface area contributed by atoms with E-state index in [9.17, 15) is 18.0 Å². The van der Waals surface area contributed by atoms with E-state index >= 15 is 0 Å². The van der Waals surface area contributed by atoms with Crippen LogP contribution in [0.3, 0.4) is 0 Å². The van der Waals surface area contributed by atoms with Gasteiger partial charge in [-0.05, 0) is 18.2 Å². The fraction of sp³-hybridized carbons (Fsp3) is 0.273. The van der Waals surface area contributed by atoms with Crippen molar-refractivity contribution in [2.45, 2.75) is 6.18 Å². The van der Waals surface area contributed by atoms with E-state index in [1.54, 1.807) is 6.07 Å². The van der Waals surface area contributed by atoms with Crippen LogP contribution in [0.5, 0.6) is 0 Å². The van der Waals surface area contributed by atoms with Gasteiger partial charge in [0.25, 0.3) is 0 Å². The number of anilines is 1. The third kappa shape index (κ3) is 3.13. The summed E-state index contributed by atoms with van der Waals surface area (Å²) in [6.45, 7) is -0.585. The molecule has 1 aromatic rings. The quantitative estimate of drug-likeness (QED) is 0.901. The van der Waals surface area contributed by atoms with Crippen LogP contribution in [0, 0.1) is 11.3 Å². The summed E-state index contributed by atoms with van der Waals surface area (Å²) in [4.78, 5) is 11.4. The van der Waals surface area contributed by atoms with Gasteiger partial charge in [0.1, 0.15) is 6.54 Å². The molecular formula is C11H9F3N2O2. The Balaban J connectivity index is 3.29. The van der Waals surface area contributed by atoms with Crippen LogP contribution in [-0.4, -0.2) is 24.7 Å². The second-order valence-electron chi connectivity index (χ2n) is 3.59. The molecule has 0 saturated heterocycles. The standard InChI is InChI=1S/C11H9F3N2O2/c1-16(6-10(17)18)9-4-7(5-15)2-3-8(9)11(12,13)14/h2-4H,6H2,1H3,(H,17,18). The van der Waals surface area contributed by atoms with E-state index in [0.29, 0.717) is 0 Å². The van der Waals surface area contributed by atoms with E-state index in [1.165, 1.54) is 7.05 Å². The minimum absolute atomic E-state index is 0.0373. The van der Waals surface area contributed by atoms with Crippen LogP contribution in [0.4, 0.5) is 18.9 Å². The number of nitrogens with zero attached hydrogens (tertiary/aromatic N) is 2. The average Bonchev–Trinajstić information content (AvgIpc) is 2.26. The fourth-order valence-corrected chi connectivity index (χ4v) is 1.44. The average molecular weight is 258 g/mol. The maximum atomic E-state index is 12.7.